The van der Waals surface area contributed by atoms with E-state index in [4.69, 9.17) is 11.6 Å². The maximum absolute atomic E-state index is 13.1. The predicted octanol–water partition coefficient (Wildman–Crippen LogP) is 3.01. The number of nitrogens with zero attached hydrogens (tertiary/aromatic N) is 3. The average molecular weight is 297 g/mol. The van der Waals surface area contributed by atoms with Crippen LogP contribution in [0.5, 0.6) is 0 Å². The molecule has 0 radical (unpaired) electrons. The molecule has 6 heteroatoms. The highest BCUT2D eigenvalue weighted by molar-refractivity contribution is 6.30. The lowest BCUT2D eigenvalue weighted by Gasteiger charge is -2.19. The fourth-order valence-corrected chi connectivity index (χ4v) is 1.88. The predicted molar refractivity (Wildman–Crippen MR) is 77.1 cm³/mol. The molecule has 0 spiro atoms. The molecule has 0 aliphatic rings. The molecule has 0 saturated heterocycles. The van der Waals surface area contributed by atoms with Gasteiger partial charge in [0, 0.05) is 12.1 Å². The highest BCUT2D eigenvalue weighted by Crippen LogP contribution is 2.16. The van der Waals surface area contributed by atoms with Crippen LogP contribution in [0.15, 0.2) is 24.4 Å². The molecule has 108 valence electrons. The van der Waals surface area contributed by atoms with Crippen molar-refractivity contribution in [2.45, 2.75) is 39.4 Å². The largest absolute Gasteiger partial charge is 0.306 e. The maximum Gasteiger partial charge on any atom is 0.141 e. The van der Waals surface area contributed by atoms with E-state index in [-0.39, 0.29) is 10.6 Å². The first kappa shape index (κ1) is 14.9. The van der Waals surface area contributed by atoms with Gasteiger partial charge in [-0.2, -0.15) is 0 Å². The molecule has 1 N–H and O–H groups in total. The number of hydrogen-bond donors (Lipinski definition) is 1. The molecule has 0 amide bonds. The zero-order valence-corrected chi connectivity index (χ0v) is 12.6. The lowest BCUT2D eigenvalue weighted by atomic mass is 10.1. The van der Waals surface area contributed by atoms with Crippen molar-refractivity contribution in [1.29, 1.82) is 0 Å². The minimum absolute atomic E-state index is 0.0360. The topological polar surface area (TPSA) is 42.7 Å². The smallest absolute Gasteiger partial charge is 0.141 e. The molecule has 0 saturated carbocycles. The second-order valence-electron chi connectivity index (χ2n) is 5.76. The van der Waals surface area contributed by atoms with Crippen molar-refractivity contribution in [2.75, 3.05) is 0 Å². The average Bonchev–Trinajstić information content (AvgIpc) is 2.78. The van der Waals surface area contributed by atoms with Crippen LogP contribution < -0.4 is 5.32 Å². The van der Waals surface area contributed by atoms with Crippen LogP contribution in [0, 0.1) is 5.82 Å². The Hall–Kier alpha value is -1.46. The van der Waals surface area contributed by atoms with Gasteiger partial charge in [0.05, 0.1) is 23.5 Å². The van der Waals surface area contributed by atoms with E-state index in [1.165, 1.54) is 6.07 Å². The van der Waals surface area contributed by atoms with Gasteiger partial charge in [-0.25, -0.2) is 9.07 Å². The second-order valence-corrected chi connectivity index (χ2v) is 6.17. The van der Waals surface area contributed by atoms with E-state index in [0.29, 0.717) is 13.1 Å². The summed E-state index contributed by atoms with van der Waals surface area (Å²) < 4.78 is 14.8. The first-order chi connectivity index (χ1) is 9.33. The van der Waals surface area contributed by atoms with Crippen molar-refractivity contribution in [3.8, 4) is 0 Å². The van der Waals surface area contributed by atoms with Crippen molar-refractivity contribution in [2.24, 2.45) is 0 Å². The third-order valence-corrected chi connectivity index (χ3v) is 3.00. The molecular weight excluding hydrogens is 279 g/mol. The van der Waals surface area contributed by atoms with Crippen LogP contribution in [0.3, 0.4) is 0 Å². The van der Waals surface area contributed by atoms with E-state index in [2.05, 4.69) is 36.4 Å². The lowest BCUT2D eigenvalue weighted by Crippen LogP contribution is -2.35. The van der Waals surface area contributed by atoms with E-state index in [0.717, 1.165) is 11.3 Å². The van der Waals surface area contributed by atoms with Gasteiger partial charge in [0.15, 0.2) is 0 Å². The van der Waals surface area contributed by atoms with Crippen molar-refractivity contribution in [3.63, 3.8) is 0 Å². The Balaban J connectivity index is 2.00. The van der Waals surface area contributed by atoms with Crippen LogP contribution in [0.4, 0.5) is 4.39 Å². The summed E-state index contributed by atoms with van der Waals surface area (Å²) in [7, 11) is 0. The standard InChI is InChI=1S/C14H18ClFN4/c1-14(2,3)17-7-11-9-20(19-18-11)8-10-4-5-13(16)12(15)6-10/h4-6,9,17H,7-8H2,1-3H3. The number of rotatable bonds is 4. The summed E-state index contributed by atoms with van der Waals surface area (Å²) in [6, 6.07) is 4.65. The SMILES string of the molecule is CC(C)(C)NCc1cn(Cc2ccc(F)c(Cl)c2)nn1. The maximum atomic E-state index is 13.1. The van der Waals surface area contributed by atoms with Crippen LogP contribution in [0.2, 0.25) is 5.02 Å². The summed E-state index contributed by atoms with van der Waals surface area (Å²) in [4.78, 5) is 0. The Morgan fingerprint density at radius 2 is 2.10 bits per heavy atom. The lowest BCUT2D eigenvalue weighted by molar-refractivity contribution is 0.421. The summed E-state index contributed by atoms with van der Waals surface area (Å²) >= 11 is 5.75. The quantitative estimate of drug-likeness (QED) is 0.943. The fraction of sp³-hybridized carbons (Fsp3) is 0.429. The zero-order valence-electron chi connectivity index (χ0n) is 11.8. The monoisotopic (exact) mass is 296 g/mol. The first-order valence-corrected chi connectivity index (χ1v) is 6.79. The summed E-state index contributed by atoms with van der Waals surface area (Å²) in [6.45, 7) is 7.46. The van der Waals surface area contributed by atoms with E-state index in [1.54, 1.807) is 16.8 Å². The Labute approximate surface area is 122 Å². The molecule has 0 aliphatic heterocycles. The van der Waals surface area contributed by atoms with Gasteiger partial charge in [0.2, 0.25) is 0 Å². The van der Waals surface area contributed by atoms with Crippen LogP contribution in [-0.2, 0) is 13.1 Å². The van der Waals surface area contributed by atoms with Gasteiger partial charge in [-0.3, -0.25) is 0 Å². The molecule has 0 fully saturated rings. The summed E-state index contributed by atoms with van der Waals surface area (Å²) in [5.41, 5.74) is 1.79. The second kappa shape index (κ2) is 5.89. The van der Waals surface area contributed by atoms with Gasteiger partial charge in [-0.15, -0.1) is 5.10 Å². The Kier molecular flexibility index (Phi) is 4.40. The zero-order chi connectivity index (χ0) is 14.8. The van der Waals surface area contributed by atoms with Gasteiger partial charge < -0.3 is 5.32 Å². The molecule has 2 aromatic rings. The van der Waals surface area contributed by atoms with Crippen molar-refractivity contribution in [3.05, 3.63) is 46.5 Å². The van der Waals surface area contributed by atoms with E-state index < -0.39 is 5.82 Å². The third kappa shape index (κ3) is 4.28. The Bertz CT molecular complexity index is 589. The molecule has 1 aromatic carbocycles. The van der Waals surface area contributed by atoms with Crippen molar-refractivity contribution >= 4 is 11.6 Å². The molecule has 20 heavy (non-hydrogen) atoms. The van der Waals surface area contributed by atoms with Gasteiger partial charge in [-0.1, -0.05) is 22.9 Å². The minimum Gasteiger partial charge on any atom is -0.306 e. The van der Waals surface area contributed by atoms with E-state index in [9.17, 15) is 4.39 Å². The normalized spacial score (nSPS) is 11.8. The highest BCUT2D eigenvalue weighted by atomic mass is 35.5. The van der Waals surface area contributed by atoms with Crippen LogP contribution in [0.25, 0.3) is 0 Å². The molecular formula is C14H18ClFN4. The van der Waals surface area contributed by atoms with Crippen LogP contribution in [0.1, 0.15) is 32.0 Å². The number of halogens is 2. The molecule has 1 heterocycles. The highest BCUT2D eigenvalue weighted by Gasteiger charge is 2.10. The molecule has 0 bridgehead atoms. The number of benzene rings is 1. The van der Waals surface area contributed by atoms with Gasteiger partial charge >= 0.3 is 0 Å². The summed E-state index contributed by atoms with van der Waals surface area (Å²) in [5.74, 6) is -0.413. The molecule has 0 aliphatic carbocycles. The third-order valence-electron chi connectivity index (χ3n) is 2.71. The van der Waals surface area contributed by atoms with Gasteiger partial charge in [-0.05, 0) is 38.5 Å². The van der Waals surface area contributed by atoms with E-state index in [1.807, 2.05) is 6.20 Å². The summed E-state index contributed by atoms with van der Waals surface area (Å²) in [5, 5.41) is 11.6. The van der Waals surface area contributed by atoms with E-state index >= 15 is 0 Å². The van der Waals surface area contributed by atoms with Crippen molar-refractivity contribution < 1.29 is 4.39 Å². The number of hydrogen-bond acceptors (Lipinski definition) is 3. The van der Waals surface area contributed by atoms with Gasteiger partial charge in [0.1, 0.15) is 5.82 Å². The molecule has 0 unspecified atom stereocenters. The first-order valence-electron chi connectivity index (χ1n) is 6.41. The fourth-order valence-electron chi connectivity index (χ4n) is 1.68. The Morgan fingerprint density at radius 3 is 2.75 bits per heavy atom. The van der Waals surface area contributed by atoms with Gasteiger partial charge in [0.25, 0.3) is 0 Å². The van der Waals surface area contributed by atoms with Crippen LogP contribution in [-0.4, -0.2) is 20.5 Å². The molecule has 0 atom stereocenters. The molecule has 1 aromatic heterocycles. The number of nitrogens with one attached hydrogen (secondary N) is 1. The number of aromatic nitrogens is 3. The molecule has 4 nitrogen and oxygen atoms in total. The Morgan fingerprint density at radius 1 is 1.35 bits per heavy atom. The minimum atomic E-state index is -0.413. The van der Waals surface area contributed by atoms with Crippen LogP contribution >= 0.6 is 11.6 Å². The van der Waals surface area contributed by atoms with Crippen molar-refractivity contribution in [1.82, 2.24) is 20.3 Å². The molecule has 2 rings (SSSR count). The summed E-state index contributed by atoms with van der Waals surface area (Å²) in [6.07, 6.45) is 1.87.